The second-order valence-electron chi connectivity index (χ2n) is 5.19. The summed E-state index contributed by atoms with van der Waals surface area (Å²) in [6, 6.07) is 8.53. The molecule has 1 aliphatic heterocycles. The Labute approximate surface area is 133 Å². The number of carbonyl (C=O) groups excluding carboxylic acids is 1. The maximum Gasteiger partial charge on any atom is 0.271 e. The van der Waals surface area contributed by atoms with E-state index in [1.165, 1.54) is 11.3 Å². The first-order valence-electron chi connectivity index (χ1n) is 6.97. The predicted octanol–water partition coefficient (Wildman–Crippen LogP) is 3.17. The standard InChI is InChI=1S/C15H16N2O3S2/c1-3-11-5-7-14(21-11)22(19,20)17-10-4-6-13-12(8-10)9(2)15(18)16-13/h4-9,17H,3H2,1-2H3,(H,16,18). The Bertz CT molecular complexity index is 840. The fourth-order valence-corrected chi connectivity index (χ4v) is 4.72. The Kier molecular flexibility index (Phi) is 3.70. The van der Waals surface area contributed by atoms with Crippen molar-refractivity contribution in [1.29, 1.82) is 0 Å². The van der Waals surface area contributed by atoms with Crippen LogP contribution in [0.4, 0.5) is 11.4 Å². The van der Waals surface area contributed by atoms with Crippen molar-refractivity contribution in [2.24, 2.45) is 0 Å². The molecule has 0 aliphatic carbocycles. The molecule has 1 atom stereocenters. The first-order valence-corrected chi connectivity index (χ1v) is 9.27. The molecule has 5 nitrogen and oxygen atoms in total. The Hall–Kier alpha value is -1.86. The van der Waals surface area contributed by atoms with Crippen LogP contribution in [0.15, 0.2) is 34.5 Å². The highest BCUT2D eigenvalue weighted by atomic mass is 32.2. The van der Waals surface area contributed by atoms with Crippen LogP contribution in [0.3, 0.4) is 0 Å². The molecule has 2 heterocycles. The zero-order valence-corrected chi connectivity index (χ0v) is 13.8. The van der Waals surface area contributed by atoms with Crippen molar-refractivity contribution in [3.63, 3.8) is 0 Å². The van der Waals surface area contributed by atoms with Crippen molar-refractivity contribution in [3.05, 3.63) is 40.8 Å². The number of thiophene rings is 1. The Morgan fingerprint density at radius 3 is 2.73 bits per heavy atom. The zero-order chi connectivity index (χ0) is 15.9. The molecule has 1 amide bonds. The number of carbonyl (C=O) groups is 1. The van der Waals surface area contributed by atoms with E-state index >= 15 is 0 Å². The molecule has 0 spiro atoms. The molecule has 1 aromatic carbocycles. The lowest BCUT2D eigenvalue weighted by atomic mass is 10.0. The number of rotatable bonds is 4. The van der Waals surface area contributed by atoms with Gasteiger partial charge in [0.15, 0.2) is 0 Å². The minimum Gasteiger partial charge on any atom is -0.325 e. The van der Waals surface area contributed by atoms with Crippen LogP contribution >= 0.6 is 11.3 Å². The van der Waals surface area contributed by atoms with Gasteiger partial charge in [0, 0.05) is 16.3 Å². The van der Waals surface area contributed by atoms with E-state index in [-0.39, 0.29) is 11.8 Å². The average Bonchev–Trinajstić information content (AvgIpc) is 3.06. The minimum absolute atomic E-state index is 0.0687. The Morgan fingerprint density at radius 2 is 2.05 bits per heavy atom. The van der Waals surface area contributed by atoms with E-state index in [0.29, 0.717) is 9.90 Å². The summed E-state index contributed by atoms with van der Waals surface area (Å²) >= 11 is 1.27. The molecule has 0 saturated heterocycles. The van der Waals surface area contributed by atoms with Gasteiger partial charge in [-0.3, -0.25) is 9.52 Å². The van der Waals surface area contributed by atoms with E-state index in [0.717, 1.165) is 22.5 Å². The molecule has 0 fully saturated rings. The first kappa shape index (κ1) is 15.1. The molecule has 2 N–H and O–H groups in total. The molecule has 1 aliphatic rings. The summed E-state index contributed by atoms with van der Waals surface area (Å²) in [5.74, 6) is -0.339. The van der Waals surface area contributed by atoms with Gasteiger partial charge in [-0.15, -0.1) is 11.3 Å². The van der Waals surface area contributed by atoms with Gasteiger partial charge < -0.3 is 5.32 Å². The van der Waals surface area contributed by atoms with Crippen LogP contribution in [0.5, 0.6) is 0 Å². The number of nitrogens with one attached hydrogen (secondary N) is 2. The summed E-state index contributed by atoms with van der Waals surface area (Å²) in [5, 5.41) is 2.77. The van der Waals surface area contributed by atoms with Crippen molar-refractivity contribution in [3.8, 4) is 0 Å². The van der Waals surface area contributed by atoms with Gasteiger partial charge in [-0.05, 0) is 49.2 Å². The molecule has 1 unspecified atom stereocenters. The van der Waals surface area contributed by atoms with Crippen LogP contribution in [0, 0.1) is 0 Å². The summed E-state index contributed by atoms with van der Waals surface area (Å²) in [6.45, 7) is 3.79. The average molecular weight is 336 g/mol. The van der Waals surface area contributed by atoms with E-state index in [4.69, 9.17) is 0 Å². The lowest BCUT2D eigenvalue weighted by molar-refractivity contribution is -0.116. The summed E-state index contributed by atoms with van der Waals surface area (Å²) in [5.41, 5.74) is 2.02. The number of hydrogen-bond donors (Lipinski definition) is 2. The number of aryl methyl sites for hydroxylation is 1. The van der Waals surface area contributed by atoms with Crippen molar-refractivity contribution in [1.82, 2.24) is 0 Å². The Balaban J connectivity index is 1.89. The van der Waals surface area contributed by atoms with E-state index in [2.05, 4.69) is 10.0 Å². The molecule has 22 heavy (non-hydrogen) atoms. The van der Waals surface area contributed by atoms with Crippen LogP contribution in [0.25, 0.3) is 0 Å². The summed E-state index contributed by atoms with van der Waals surface area (Å²) in [4.78, 5) is 12.7. The van der Waals surface area contributed by atoms with Gasteiger partial charge >= 0.3 is 0 Å². The molecule has 0 radical (unpaired) electrons. The number of sulfonamides is 1. The van der Waals surface area contributed by atoms with Crippen molar-refractivity contribution >= 4 is 38.6 Å². The molecule has 0 saturated carbocycles. The van der Waals surface area contributed by atoms with Gasteiger partial charge in [-0.25, -0.2) is 8.42 Å². The number of amides is 1. The monoisotopic (exact) mass is 336 g/mol. The Morgan fingerprint density at radius 1 is 1.27 bits per heavy atom. The van der Waals surface area contributed by atoms with Crippen LogP contribution in [-0.4, -0.2) is 14.3 Å². The van der Waals surface area contributed by atoms with E-state index in [1.54, 1.807) is 31.2 Å². The van der Waals surface area contributed by atoms with Gasteiger partial charge in [0.05, 0.1) is 5.92 Å². The topological polar surface area (TPSA) is 75.3 Å². The smallest absolute Gasteiger partial charge is 0.271 e. The van der Waals surface area contributed by atoms with Gasteiger partial charge in [0.25, 0.3) is 10.0 Å². The van der Waals surface area contributed by atoms with Gasteiger partial charge in [0.1, 0.15) is 4.21 Å². The second kappa shape index (κ2) is 5.40. The highest BCUT2D eigenvalue weighted by molar-refractivity contribution is 7.94. The third-order valence-electron chi connectivity index (χ3n) is 3.67. The lowest BCUT2D eigenvalue weighted by Gasteiger charge is -2.09. The molecular weight excluding hydrogens is 320 g/mol. The molecule has 3 rings (SSSR count). The van der Waals surface area contributed by atoms with Crippen molar-refractivity contribution in [2.75, 3.05) is 10.0 Å². The molecular formula is C15H16N2O3S2. The number of fused-ring (bicyclic) bond motifs is 1. The first-order chi connectivity index (χ1) is 10.4. The minimum atomic E-state index is -3.59. The molecule has 1 aromatic heterocycles. The quantitative estimate of drug-likeness (QED) is 0.900. The van der Waals surface area contributed by atoms with Gasteiger partial charge in [-0.2, -0.15) is 0 Å². The van der Waals surface area contributed by atoms with Crippen molar-refractivity contribution < 1.29 is 13.2 Å². The fourth-order valence-electron chi connectivity index (χ4n) is 2.38. The number of benzene rings is 1. The maximum absolute atomic E-state index is 12.4. The summed E-state index contributed by atoms with van der Waals surface area (Å²) in [7, 11) is -3.59. The molecule has 7 heteroatoms. The largest absolute Gasteiger partial charge is 0.325 e. The summed E-state index contributed by atoms with van der Waals surface area (Å²) in [6.07, 6.45) is 0.810. The van der Waals surface area contributed by atoms with E-state index in [1.807, 2.05) is 13.0 Å². The SMILES string of the molecule is CCc1ccc(S(=O)(=O)Nc2ccc3c(c2)C(C)C(=O)N3)s1. The van der Waals surface area contributed by atoms with Crippen LogP contribution in [-0.2, 0) is 21.2 Å². The van der Waals surface area contributed by atoms with Gasteiger partial charge in [-0.1, -0.05) is 6.92 Å². The molecule has 0 bridgehead atoms. The number of anilines is 2. The highest BCUT2D eigenvalue weighted by Gasteiger charge is 2.27. The van der Waals surface area contributed by atoms with Gasteiger partial charge in [0.2, 0.25) is 5.91 Å². The zero-order valence-electron chi connectivity index (χ0n) is 12.2. The van der Waals surface area contributed by atoms with Crippen LogP contribution < -0.4 is 10.0 Å². The predicted molar refractivity (Wildman–Crippen MR) is 88.0 cm³/mol. The molecule has 2 aromatic rings. The maximum atomic E-state index is 12.4. The van der Waals surface area contributed by atoms with E-state index < -0.39 is 10.0 Å². The normalized spacial score (nSPS) is 17.2. The molecule has 116 valence electrons. The van der Waals surface area contributed by atoms with Crippen LogP contribution in [0.1, 0.15) is 30.2 Å². The lowest BCUT2D eigenvalue weighted by Crippen LogP contribution is -2.11. The van der Waals surface area contributed by atoms with Crippen LogP contribution in [0.2, 0.25) is 0 Å². The van der Waals surface area contributed by atoms with Crippen molar-refractivity contribution in [2.45, 2.75) is 30.4 Å². The second-order valence-corrected chi connectivity index (χ2v) is 8.27. The summed E-state index contributed by atoms with van der Waals surface area (Å²) < 4.78 is 27.7. The fraction of sp³-hybridized carbons (Fsp3) is 0.267. The highest BCUT2D eigenvalue weighted by Crippen LogP contribution is 2.34. The third kappa shape index (κ3) is 2.62. The van der Waals surface area contributed by atoms with E-state index in [9.17, 15) is 13.2 Å². The number of hydrogen-bond acceptors (Lipinski definition) is 4. The third-order valence-corrected chi connectivity index (χ3v) is 6.77.